The highest BCUT2D eigenvalue weighted by Gasteiger charge is 2.40. The van der Waals surface area contributed by atoms with Crippen LogP contribution in [0.3, 0.4) is 0 Å². The van der Waals surface area contributed by atoms with Crippen molar-refractivity contribution in [1.82, 2.24) is 4.90 Å². The maximum absolute atomic E-state index is 12.2. The van der Waals surface area contributed by atoms with E-state index in [1.807, 2.05) is 13.0 Å². The normalized spacial score (nSPS) is 33.7. The number of ketones is 1. The molecule has 2 rings (SSSR count). The molecule has 0 spiro atoms. The Kier molecular flexibility index (Phi) is 3.86. The van der Waals surface area contributed by atoms with Crippen LogP contribution in [0.25, 0.3) is 0 Å². The van der Waals surface area contributed by atoms with E-state index in [0.29, 0.717) is 17.7 Å². The summed E-state index contributed by atoms with van der Waals surface area (Å²) in [4.78, 5) is 14.6. The fourth-order valence-corrected chi connectivity index (χ4v) is 2.95. The molecule has 0 saturated carbocycles. The minimum absolute atomic E-state index is 0.0337. The molecule has 0 unspecified atom stereocenters. The van der Waals surface area contributed by atoms with Gasteiger partial charge in [0, 0.05) is 18.5 Å². The third-order valence-corrected chi connectivity index (χ3v) is 4.64. The summed E-state index contributed by atoms with van der Waals surface area (Å²) in [5.41, 5.74) is 1.28. The van der Waals surface area contributed by atoms with Crippen LogP contribution in [0.1, 0.15) is 33.3 Å². The van der Waals surface area contributed by atoms with Gasteiger partial charge in [-0.15, -0.1) is 0 Å². The van der Waals surface area contributed by atoms with Crippen LogP contribution in [-0.2, 0) is 11.3 Å². The van der Waals surface area contributed by atoms with Crippen LogP contribution in [0.2, 0.25) is 0 Å². The summed E-state index contributed by atoms with van der Waals surface area (Å²) in [6.45, 7) is 9.42. The lowest BCUT2D eigenvalue weighted by molar-refractivity contribution is -0.136. The fourth-order valence-electron chi connectivity index (χ4n) is 2.95. The van der Waals surface area contributed by atoms with Gasteiger partial charge in [-0.05, 0) is 25.3 Å². The van der Waals surface area contributed by atoms with Gasteiger partial charge in [-0.3, -0.25) is 9.69 Å². The van der Waals surface area contributed by atoms with Crippen LogP contribution >= 0.6 is 0 Å². The van der Waals surface area contributed by atoms with Crippen LogP contribution in [0.4, 0.5) is 0 Å². The van der Waals surface area contributed by atoms with Gasteiger partial charge in [0.15, 0.2) is 5.78 Å². The van der Waals surface area contributed by atoms with Crippen molar-refractivity contribution < 1.29 is 4.79 Å². The fraction of sp³-hybridized carbons (Fsp3) is 0.562. The Hall–Kier alpha value is -1.15. The van der Waals surface area contributed by atoms with Crippen molar-refractivity contribution in [2.75, 3.05) is 0 Å². The Bertz CT molecular complexity index is 414. The Morgan fingerprint density at radius 1 is 1.06 bits per heavy atom. The topological polar surface area (TPSA) is 20.3 Å². The summed E-state index contributed by atoms with van der Waals surface area (Å²) in [5, 5.41) is 0. The highest BCUT2D eigenvalue weighted by atomic mass is 16.1. The predicted molar refractivity (Wildman–Crippen MR) is 74.2 cm³/mol. The van der Waals surface area contributed by atoms with Crippen LogP contribution in [0.15, 0.2) is 30.3 Å². The van der Waals surface area contributed by atoms with E-state index in [1.165, 1.54) is 5.56 Å². The van der Waals surface area contributed by atoms with Crippen LogP contribution in [0.5, 0.6) is 0 Å². The Morgan fingerprint density at radius 2 is 1.67 bits per heavy atom. The number of nitrogens with zero attached hydrogens (tertiary/aromatic N) is 1. The van der Waals surface area contributed by atoms with Crippen molar-refractivity contribution >= 4 is 5.78 Å². The lowest BCUT2D eigenvalue weighted by atomic mass is 9.78. The van der Waals surface area contributed by atoms with Gasteiger partial charge in [0.05, 0.1) is 6.04 Å². The predicted octanol–water partition coefficient (Wildman–Crippen LogP) is 3.12. The van der Waals surface area contributed by atoms with E-state index in [2.05, 4.69) is 49.9 Å². The molecular weight excluding hydrogens is 222 g/mol. The molecule has 1 saturated heterocycles. The maximum atomic E-state index is 12.2. The maximum Gasteiger partial charge on any atom is 0.152 e. The smallest absolute Gasteiger partial charge is 0.152 e. The van der Waals surface area contributed by atoms with Crippen molar-refractivity contribution in [2.45, 2.75) is 46.3 Å². The number of hydrogen-bond acceptors (Lipinski definition) is 2. The number of carbonyl (C=O) groups excluding carboxylic acids is 1. The molecule has 0 aliphatic carbocycles. The molecule has 4 atom stereocenters. The molecule has 0 N–H and O–H groups in total. The summed E-state index contributed by atoms with van der Waals surface area (Å²) in [7, 11) is 0. The number of benzene rings is 1. The molecule has 1 fully saturated rings. The standard InChI is InChI=1S/C16H23NO/c1-11-12(2)16(18)14(4)17(13(11)3)10-15-8-6-5-7-9-15/h5-9,11-14H,10H2,1-4H3/t11-,12-,13+,14-/m0/s1. The monoisotopic (exact) mass is 245 g/mol. The third kappa shape index (κ3) is 2.35. The lowest BCUT2D eigenvalue weighted by Gasteiger charge is -2.44. The number of carbonyl (C=O) groups is 1. The van der Waals surface area contributed by atoms with E-state index in [-0.39, 0.29) is 12.0 Å². The van der Waals surface area contributed by atoms with Gasteiger partial charge in [-0.2, -0.15) is 0 Å². The average molecular weight is 245 g/mol. The summed E-state index contributed by atoms with van der Waals surface area (Å²) < 4.78 is 0. The van der Waals surface area contributed by atoms with Gasteiger partial charge in [0.2, 0.25) is 0 Å². The van der Waals surface area contributed by atoms with Gasteiger partial charge in [-0.1, -0.05) is 44.2 Å². The zero-order valence-electron chi connectivity index (χ0n) is 11.8. The Balaban J connectivity index is 2.18. The molecule has 1 heterocycles. The van der Waals surface area contributed by atoms with Gasteiger partial charge >= 0.3 is 0 Å². The number of piperidine rings is 1. The van der Waals surface area contributed by atoms with Gasteiger partial charge in [0.1, 0.15) is 0 Å². The molecule has 1 aromatic carbocycles. The highest BCUT2D eigenvalue weighted by Crippen LogP contribution is 2.31. The molecular formula is C16H23NO. The Labute approximate surface area is 110 Å². The summed E-state index contributed by atoms with van der Waals surface area (Å²) in [6.07, 6.45) is 0. The lowest BCUT2D eigenvalue weighted by Crippen LogP contribution is -2.55. The van der Waals surface area contributed by atoms with E-state index in [4.69, 9.17) is 0 Å². The van der Waals surface area contributed by atoms with Gasteiger partial charge in [0.25, 0.3) is 0 Å². The van der Waals surface area contributed by atoms with E-state index >= 15 is 0 Å². The second-order valence-electron chi connectivity index (χ2n) is 5.62. The van der Waals surface area contributed by atoms with E-state index in [9.17, 15) is 4.79 Å². The molecule has 1 aliphatic rings. The zero-order valence-corrected chi connectivity index (χ0v) is 11.8. The highest BCUT2D eigenvalue weighted by molar-refractivity contribution is 5.86. The first kappa shape index (κ1) is 13.3. The van der Waals surface area contributed by atoms with E-state index in [1.54, 1.807) is 0 Å². The summed E-state index contributed by atoms with van der Waals surface area (Å²) >= 11 is 0. The summed E-state index contributed by atoms with van der Waals surface area (Å²) in [6, 6.07) is 10.9. The van der Waals surface area contributed by atoms with Crippen LogP contribution in [0, 0.1) is 11.8 Å². The molecule has 1 aromatic rings. The quantitative estimate of drug-likeness (QED) is 0.798. The molecule has 0 bridgehead atoms. The second-order valence-corrected chi connectivity index (χ2v) is 5.62. The number of rotatable bonds is 2. The Morgan fingerprint density at radius 3 is 2.28 bits per heavy atom. The molecule has 2 nitrogen and oxygen atoms in total. The third-order valence-electron chi connectivity index (χ3n) is 4.64. The first-order valence-corrected chi connectivity index (χ1v) is 6.85. The molecule has 18 heavy (non-hydrogen) atoms. The number of Topliss-reactive ketones (excluding diaryl/α,β-unsaturated/α-hetero) is 1. The largest absolute Gasteiger partial charge is 0.298 e. The molecule has 2 heteroatoms. The molecule has 0 radical (unpaired) electrons. The molecule has 98 valence electrons. The SMILES string of the molecule is C[C@H]1[C@H](C)C(=O)[C@H](C)N(Cc2ccccc2)[C@@H]1C. The summed E-state index contributed by atoms with van der Waals surface area (Å²) in [5.74, 6) is 0.996. The second kappa shape index (κ2) is 5.23. The zero-order chi connectivity index (χ0) is 13.3. The first-order valence-electron chi connectivity index (χ1n) is 6.85. The van der Waals surface area contributed by atoms with E-state index < -0.39 is 0 Å². The van der Waals surface area contributed by atoms with Crippen LogP contribution < -0.4 is 0 Å². The van der Waals surface area contributed by atoms with Gasteiger partial charge in [-0.25, -0.2) is 0 Å². The van der Waals surface area contributed by atoms with Crippen LogP contribution in [-0.4, -0.2) is 22.8 Å². The molecule has 1 aliphatic heterocycles. The minimum Gasteiger partial charge on any atom is -0.298 e. The van der Waals surface area contributed by atoms with E-state index in [0.717, 1.165) is 6.54 Å². The number of likely N-dealkylation sites (tertiary alicyclic amines) is 1. The average Bonchev–Trinajstić information content (AvgIpc) is 2.40. The minimum atomic E-state index is 0.0337. The first-order chi connectivity index (χ1) is 8.52. The van der Waals surface area contributed by atoms with Crippen molar-refractivity contribution in [1.29, 1.82) is 0 Å². The molecule has 0 aromatic heterocycles. The molecule has 0 amide bonds. The van der Waals surface area contributed by atoms with Crippen molar-refractivity contribution in [3.63, 3.8) is 0 Å². The van der Waals surface area contributed by atoms with Crippen molar-refractivity contribution in [2.24, 2.45) is 11.8 Å². The van der Waals surface area contributed by atoms with Gasteiger partial charge < -0.3 is 0 Å². The van der Waals surface area contributed by atoms with Crippen molar-refractivity contribution in [3.05, 3.63) is 35.9 Å². The number of hydrogen-bond donors (Lipinski definition) is 0. The van der Waals surface area contributed by atoms with Crippen molar-refractivity contribution in [3.8, 4) is 0 Å².